The third-order valence-corrected chi connectivity index (χ3v) is 10.4. The van der Waals surface area contributed by atoms with E-state index in [-0.39, 0.29) is 11.4 Å². The summed E-state index contributed by atoms with van der Waals surface area (Å²) < 4.78 is 88.0. The maximum Gasteiger partial charge on any atom is 0.416 e. The molecule has 0 aliphatic heterocycles. The summed E-state index contributed by atoms with van der Waals surface area (Å²) in [5, 5.41) is 0.920. The number of aryl methyl sites for hydroxylation is 2. The van der Waals surface area contributed by atoms with E-state index in [2.05, 4.69) is 0 Å². The molecule has 2 heterocycles. The Bertz CT molecular complexity index is 2980. The number of nitrogens with zero attached hydrogens (tertiary/aromatic N) is 4. The lowest BCUT2D eigenvalue weighted by Gasteiger charge is -2.22. The number of hydrogen-bond acceptors (Lipinski definition) is 3. The van der Waals surface area contributed by atoms with Gasteiger partial charge in [0, 0.05) is 38.6 Å². The Morgan fingerprint density at radius 2 is 0.847 bits per heavy atom. The topological polar surface area (TPSA) is 43.6 Å². The Morgan fingerprint density at radius 1 is 0.390 bits per heavy atom. The smallest absolute Gasteiger partial charge is 0.308 e. The Balaban J connectivity index is 1.44. The van der Waals surface area contributed by atoms with Gasteiger partial charge in [0.15, 0.2) is 17.5 Å². The van der Waals surface area contributed by atoms with Gasteiger partial charge in [-0.25, -0.2) is 15.0 Å². The van der Waals surface area contributed by atoms with Crippen LogP contribution in [0.5, 0.6) is 0 Å². The predicted octanol–water partition coefficient (Wildman–Crippen LogP) is 14.0. The van der Waals surface area contributed by atoms with Crippen LogP contribution in [0, 0.1) is 13.8 Å². The summed E-state index contributed by atoms with van der Waals surface area (Å²) in [6.45, 7) is 3.80. The zero-order valence-electron chi connectivity index (χ0n) is 31.6. The summed E-state index contributed by atoms with van der Waals surface area (Å²) in [6.07, 6.45) is -9.26. The van der Waals surface area contributed by atoms with Crippen molar-refractivity contribution in [1.82, 2.24) is 19.5 Å². The van der Waals surface area contributed by atoms with Crippen LogP contribution in [0.3, 0.4) is 0 Å². The molecule has 290 valence electrons. The average molecular weight is 791 g/mol. The van der Waals surface area contributed by atoms with E-state index < -0.39 is 23.5 Å². The summed E-state index contributed by atoms with van der Waals surface area (Å²) in [5.74, 6) is 1.07. The molecule has 10 heteroatoms. The number of aromatic nitrogens is 4. The van der Waals surface area contributed by atoms with Gasteiger partial charge in [0.1, 0.15) is 0 Å². The molecule has 4 nitrogen and oxygen atoms in total. The van der Waals surface area contributed by atoms with E-state index >= 15 is 0 Å². The lowest BCUT2D eigenvalue weighted by Crippen LogP contribution is -2.07. The monoisotopic (exact) mass is 790 g/mol. The molecular formula is C49H32F6N4. The molecule has 0 N–H and O–H groups in total. The molecule has 0 atom stereocenters. The summed E-state index contributed by atoms with van der Waals surface area (Å²) in [6, 6.07) is 44.4. The van der Waals surface area contributed by atoms with E-state index in [4.69, 9.17) is 15.0 Å². The second kappa shape index (κ2) is 14.4. The first-order valence-corrected chi connectivity index (χ1v) is 18.7. The summed E-state index contributed by atoms with van der Waals surface area (Å²) in [4.78, 5) is 14.8. The SMILES string of the molecule is Cc1cccc(-c2cc(-c3nc(-c4ccccc4)nc(-c4ccccc4)n3)cc(-c3cccc(C(F)(F)F)c3)c2-n2c3ccc(C)cc3c3cc(C(F)(F)F)ccc32)c1. The molecule has 0 fully saturated rings. The minimum absolute atomic E-state index is 0.236. The third-order valence-electron chi connectivity index (χ3n) is 10.4. The highest BCUT2D eigenvalue weighted by molar-refractivity contribution is 6.11. The van der Waals surface area contributed by atoms with Crippen molar-refractivity contribution in [3.8, 4) is 62.1 Å². The molecule has 0 spiro atoms. The molecule has 0 unspecified atom stereocenters. The van der Waals surface area contributed by atoms with Crippen LogP contribution in [0.15, 0.2) is 158 Å². The summed E-state index contributed by atoms with van der Waals surface area (Å²) >= 11 is 0. The maximum atomic E-state index is 14.5. The van der Waals surface area contributed by atoms with Crippen LogP contribution in [-0.2, 0) is 12.4 Å². The van der Waals surface area contributed by atoms with E-state index in [0.717, 1.165) is 52.1 Å². The fourth-order valence-electron chi connectivity index (χ4n) is 7.61. The molecule has 2 aromatic heterocycles. The largest absolute Gasteiger partial charge is 0.416 e. The highest BCUT2D eigenvalue weighted by Crippen LogP contribution is 2.46. The van der Waals surface area contributed by atoms with Gasteiger partial charge in [-0.3, -0.25) is 0 Å². The van der Waals surface area contributed by atoms with E-state index in [1.165, 1.54) is 12.1 Å². The van der Waals surface area contributed by atoms with Gasteiger partial charge in [0.25, 0.3) is 0 Å². The number of fused-ring (bicyclic) bond motifs is 3. The van der Waals surface area contributed by atoms with E-state index in [9.17, 15) is 26.3 Å². The van der Waals surface area contributed by atoms with Crippen molar-refractivity contribution < 1.29 is 26.3 Å². The Morgan fingerprint density at radius 3 is 1.41 bits per heavy atom. The first kappa shape index (κ1) is 37.5. The molecule has 0 aliphatic rings. The molecule has 7 aromatic carbocycles. The second-order valence-corrected chi connectivity index (χ2v) is 14.5. The van der Waals surface area contributed by atoms with Crippen LogP contribution in [0.1, 0.15) is 22.3 Å². The normalized spacial score (nSPS) is 12.1. The average Bonchev–Trinajstić information content (AvgIpc) is 3.55. The molecule has 0 saturated heterocycles. The molecule has 0 aliphatic carbocycles. The van der Waals surface area contributed by atoms with E-state index in [1.54, 1.807) is 12.1 Å². The second-order valence-electron chi connectivity index (χ2n) is 14.5. The number of hydrogen-bond donors (Lipinski definition) is 0. The fourth-order valence-corrected chi connectivity index (χ4v) is 7.61. The van der Waals surface area contributed by atoms with Crippen molar-refractivity contribution in [3.63, 3.8) is 0 Å². The lowest BCUT2D eigenvalue weighted by atomic mass is 9.91. The molecule has 0 radical (unpaired) electrons. The number of benzene rings is 7. The van der Waals surface area contributed by atoms with Crippen LogP contribution >= 0.6 is 0 Å². The summed E-state index contributed by atoms with van der Waals surface area (Å²) in [5.41, 5.74) is 5.51. The van der Waals surface area contributed by atoms with Crippen LogP contribution < -0.4 is 0 Å². The first-order valence-electron chi connectivity index (χ1n) is 18.7. The van der Waals surface area contributed by atoms with Crippen LogP contribution in [0.25, 0.3) is 83.9 Å². The Kier molecular flexibility index (Phi) is 9.15. The number of rotatable bonds is 6. The molecule has 0 bridgehead atoms. The quantitative estimate of drug-likeness (QED) is 0.158. The van der Waals surface area contributed by atoms with Gasteiger partial charge in [0.05, 0.1) is 27.8 Å². The highest BCUT2D eigenvalue weighted by atomic mass is 19.4. The van der Waals surface area contributed by atoms with Gasteiger partial charge in [-0.05, 0) is 79.6 Å². The highest BCUT2D eigenvalue weighted by Gasteiger charge is 2.33. The van der Waals surface area contributed by atoms with E-state index in [1.807, 2.05) is 128 Å². The van der Waals surface area contributed by atoms with Crippen molar-refractivity contribution in [2.45, 2.75) is 26.2 Å². The van der Waals surface area contributed by atoms with Crippen LogP contribution in [0.2, 0.25) is 0 Å². The molecule has 0 amide bonds. The third kappa shape index (κ3) is 7.11. The predicted molar refractivity (Wildman–Crippen MR) is 221 cm³/mol. The van der Waals surface area contributed by atoms with Gasteiger partial charge < -0.3 is 4.57 Å². The van der Waals surface area contributed by atoms with Crippen molar-refractivity contribution >= 4 is 21.8 Å². The van der Waals surface area contributed by atoms with Crippen molar-refractivity contribution in [3.05, 3.63) is 180 Å². The molecule has 59 heavy (non-hydrogen) atoms. The Hall–Kier alpha value is -7.07. The van der Waals surface area contributed by atoms with Gasteiger partial charge in [-0.1, -0.05) is 114 Å². The minimum atomic E-state index is -4.66. The zero-order valence-corrected chi connectivity index (χ0v) is 31.6. The molecule has 9 rings (SSSR count). The zero-order chi connectivity index (χ0) is 41.1. The standard InChI is InChI=1S/C49H32F6N4/c1-29-11-9-16-33(23-29)38-26-35(47-57-45(31-12-5-3-6-13-31)56-46(58-47)32-14-7-4-8-15-32)27-39(34-17-10-18-36(25-34)48(50,51)52)44(38)59-42-21-19-30(2)24-40(42)41-28-37(49(53,54)55)20-22-43(41)59/h3-28H,1-2H3. The number of alkyl halides is 6. The first-order chi connectivity index (χ1) is 28.3. The van der Waals surface area contributed by atoms with Crippen molar-refractivity contribution in [2.75, 3.05) is 0 Å². The van der Waals surface area contributed by atoms with Gasteiger partial charge in [-0.15, -0.1) is 0 Å². The molecular weight excluding hydrogens is 759 g/mol. The van der Waals surface area contributed by atoms with E-state index in [0.29, 0.717) is 55.8 Å². The van der Waals surface area contributed by atoms with Crippen molar-refractivity contribution in [2.24, 2.45) is 0 Å². The fraction of sp³-hybridized carbons (Fsp3) is 0.0816. The van der Waals surface area contributed by atoms with Crippen LogP contribution in [-0.4, -0.2) is 19.5 Å². The maximum absolute atomic E-state index is 14.5. The summed E-state index contributed by atoms with van der Waals surface area (Å²) in [7, 11) is 0. The minimum Gasteiger partial charge on any atom is -0.308 e. The Labute approximate surface area is 335 Å². The van der Waals surface area contributed by atoms with Crippen molar-refractivity contribution in [1.29, 1.82) is 0 Å². The number of halogens is 6. The molecule has 9 aromatic rings. The lowest BCUT2D eigenvalue weighted by molar-refractivity contribution is -0.138. The van der Waals surface area contributed by atoms with Gasteiger partial charge >= 0.3 is 12.4 Å². The van der Waals surface area contributed by atoms with Gasteiger partial charge in [-0.2, -0.15) is 26.3 Å². The molecule has 0 saturated carbocycles. The van der Waals surface area contributed by atoms with Gasteiger partial charge in [0.2, 0.25) is 0 Å². The van der Waals surface area contributed by atoms with Crippen LogP contribution in [0.4, 0.5) is 26.3 Å².